The zero-order valence-corrected chi connectivity index (χ0v) is 27.9. The van der Waals surface area contributed by atoms with Gasteiger partial charge in [0.25, 0.3) is 0 Å². The smallest absolute Gasteiger partial charge is 0.243 e. The molecule has 11 heteroatoms. The summed E-state index contributed by atoms with van der Waals surface area (Å²) in [7, 11) is -2.19. The molecule has 1 atom stereocenters. The van der Waals surface area contributed by atoms with Crippen LogP contribution in [0.5, 0.6) is 5.75 Å². The topological polar surface area (TPSA) is 96.0 Å². The number of benzene rings is 3. The van der Waals surface area contributed by atoms with Gasteiger partial charge in [-0.2, -0.15) is 0 Å². The number of nitrogens with zero attached hydrogens (tertiary/aromatic N) is 2. The fourth-order valence-electron chi connectivity index (χ4n) is 4.66. The zero-order chi connectivity index (χ0) is 31.4. The van der Waals surface area contributed by atoms with Gasteiger partial charge in [-0.1, -0.05) is 83.3 Å². The predicted octanol–water partition coefficient (Wildman–Crippen LogP) is 6.21. The minimum Gasteiger partial charge on any atom is -0.495 e. The number of hydrogen-bond donors (Lipinski definition) is 1. The molecule has 0 unspecified atom stereocenters. The van der Waals surface area contributed by atoms with E-state index in [1.54, 1.807) is 17.0 Å². The molecule has 0 bridgehead atoms. The number of hydrogen-bond acceptors (Lipinski definition) is 5. The van der Waals surface area contributed by atoms with Crippen molar-refractivity contribution in [3.63, 3.8) is 0 Å². The number of rotatable bonds is 16. The number of carbonyl (C=O) groups is 2. The van der Waals surface area contributed by atoms with E-state index in [2.05, 4.69) is 28.2 Å². The Balaban J connectivity index is 1.87. The quantitative estimate of drug-likeness (QED) is 0.180. The van der Waals surface area contributed by atoms with Crippen molar-refractivity contribution in [2.45, 2.75) is 51.6 Å². The van der Waals surface area contributed by atoms with Crippen molar-refractivity contribution in [1.82, 2.24) is 10.2 Å². The molecule has 0 saturated heterocycles. The van der Waals surface area contributed by atoms with Gasteiger partial charge in [0.05, 0.1) is 24.1 Å². The van der Waals surface area contributed by atoms with Crippen LogP contribution in [0, 0.1) is 0 Å². The number of methoxy groups -OCH3 is 1. The van der Waals surface area contributed by atoms with Crippen LogP contribution in [-0.4, -0.2) is 57.6 Å². The minimum absolute atomic E-state index is 0.0416. The van der Waals surface area contributed by atoms with Crippen molar-refractivity contribution in [2.75, 3.05) is 30.8 Å². The molecule has 0 saturated carbocycles. The van der Waals surface area contributed by atoms with Gasteiger partial charge < -0.3 is 15.0 Å². The monoisotopic (exact) mass is 691 g/mol. The van der Waals surface area contributed by atoms with Crippen LogP contribution >= 0.6 is 27.5 Å². The number of sulfonamides is 1. The number of ether oxygens (including phenoxy) is 1. The third-order valence-electron chi connectivity index (χ3n) is 6.94. The Bertz CT molecular complexity index is 1460. The maximum absolute atomic E-state index is 13.9. The summed E-state index contributed by atoms with van der Waals surface area (Å²) in [5.74, 6) is -0.0246. The first-order valence-electron chi connectivity index (χ1n) is 14.2. The number of carbonyl (C=O) groups excluding carboxylic acids is 2. The summed E-state index contributed by atoms with van der Waals surface area (Å²) in [5.41, 5.74) is 2.19. The molecular formula is C32H39BrClN3O5S. The molecule has 43 heavy (non-hydrogen) atoms. The second-order valence-electron chi connectivity index (χ2n) is 10.3. The van der Waals surface area contributed by atoms with E-state index in [1.165, 1.54) is 17.5 Å². The molecule has 3 aromatic carbocycles. The fourth-order valence-corrected chi connectivity index (χ4v) is 6.13. The van der Waals surface area contributed by atoms with E-state index in [0.29, 0.717) is 24.4 Å². The fraction of sp³-hybridized carbons (Fsp3) is 0.375. The third kappa shape index (κ3) is 10.5. The van der Waals surface area contributed by atoms with Gasteiger partial charge in [0.15, 0.2) is 0 Å². The summed E-state index contributed by atoms with van der Waals surface area (Å²) in [6, 6.07) is 21.2. The Kier molecular flexibility index (Phi) is 13.3. The van der Waals surface area contributed by atoms with E-state index in [-0.39, 0.29) is 42.8 Å². The standard InChI is InChI=1S/C32H39BrClN3O5S/c1-4-5-19-35-32(39)29(21-24-10-7-6-8-11-24)36(23-25-13-15-26(33)16-14-25)31(38)12-9-20-37(43(3,40)41)27-17-18-30(42-2)28(34)22-27/h6-8,10-11,13-18,22,29H,4-5,9,12,19-21,23H2,1-3H3,(H,35,39)/t29-/m1/s1. The molecule has 3 aromatic rings. The highest BCUT2D eigenvalue weighted by molar-refractivity contribution is 9.10. The van der Waals surface area contributed by atoms with Crippen LogP contribution in [0.1, 0.15) is 43.7 Å². The maximum atomic E-state index is 13.9. The van der Waals surface area contributed by atoms with E-state index < -0.39 is 16.1 Å². The summed E-state index contributed by atoms with van der Waals surface area (Å²) < 4.78 is 32.7. The molecule has 0 aliphatic carbocycles. The number of nitrogens with one attached hydrogen (secondary N) is 1. The van der Waals surface area contributed by atoms with E-state index >= 15 is 0 Å². The lowest BCUT2D eigenvalue weighted by molar-refractivity contribution is -0.141. The van der Waals surface area contributed by atoms with Crippen molar-refractivity contribution in [1.29, 1.82) is 0 Å². The van der Waals surface area contributed by atoms with Gasteiger partial charge in [0.1, 0.15) is 11.8 Å². The van der Waals surface area contributed by atoms with Gasteiger partial charge in [-0.15, -0.1) is 0 Å². The van der Waals surface area contributed by atoms with Gasteiger partial charge in [-0.05, 0) is 54.3 Å². The summed E-state index contributed by atoms with van der Waals surface area (Å²) >= 11 is 9.72. The van der Waals surface area contributed by atoms with Crippen LogP contribution in [0.15, 0.2) is 77.3 Å². The zero-order valence-electron chi connectivity index (χ0n) is 24.8. The second-order valence-corrected chi connectivity index (χ2v) is 13.5. The van der Waals surface area contributed by atoms with Gasteiger partial charge in [-0.25, -0.2) is 8.42 Å². The summed E-state index contributed by atoms with van der Waals surface area (Å²) in [6.45, 7) is 2.87. The highest BCUT2D eigenvalue weighted by Gasteiger charge is 2.30. The average Bonchev–Trinajstić information content (AvgIpc) is 2.98. The molecule has 8 nitrogen and oxygen atoms in total. The predicted molar refractivity (Wildman–Crippen MR) is 176 cm³/mol. The number of amides is 2. The van der Waals surface area contributed by atoms with Crippen LogP contribution in [0.3, 0.4) is 0 Å². The highest BCUT2D eigenvalue weighted by atomic mass is 79.9. The van der Waals surface area contributed by atoms with Gasteiger partial charge in [0, 0.05) is 36.9 Å². The first-order valence-corrected chi connectivity index (χ1v) is 17.2. The summed E-state index contributed by atoms with van der Waals surface area (Å²) in [4.78, 5) is 29.1. The maximum Gasteiger partial charge on any atom is 0.243 e. The van der Waals surface area contributed by atoms with Crippen LogP contribution in [0.2, 0.25) is 5.02 Å². The van der Waals surface area contributed by atoms with Crippen molar-refractivity contribution in [3.05, 3.63) is 93.4 Å². The molecule has 0 radical (unpaired) electrons. The molecule has 0 heterocycles. The molecule has 0 aliphatic rings. The summed E-state index contributed by atoms with van der Waals surface area (Å²) in [5, 5.41) is 3.29. The van der Waals surface area contributed by atoms with Gasteiger partial charge in [-0.3, -0.25) is 13.9 Å². The third-order valence-corrected chi connectivity index (χ3v) is 8.96. The first kappa shape index (κ1) is 34.4. The van der Waals surface area contributed by atoms with Crippen molar-refractivity contribution in [2.24, 2.45) is 0 Å². The summed E-state index contributed by atoms with van der Waals surface area (Å²) in [6.07, 6.45) is 3.51. The molecule has 3 rings (SSSR count). The van der Waals surface area contributed by atoms with E-state index in [1.807, 2.05) is 54.6 Å². The van der Waals surface area contributed by atoms with Crippen LogP contribution < -0.4 is 14.4 Å². The highest BCUT2D eigenvalue weighted by Crippen LogP contribution is 2.30. The molecular weight excluding hydrogens is 654 g/mol. The van der Waals surface area contributed by atoms with E-state index in [9.17, 15) is 18.0 Å². The van der Waals surface area contributed by atoms with Crippen LogP contribution in [-0.2, 0) is 32.6 Å². The van der Waals surface area contributed by atoms with Crippen LogP contribution in [0.4, 0.5) is 5.69 Å². The number of anilines is 1. The molecule has 0 fully saturated rings. The Labute approximate surface area is 268 Å². The largest absolute Gasteiger partial charge is 0.495 e. The minimum atomic E-state index is -3.67. The van der Waals surface area contributed by atoms with Gasteiger partial charge >= 0.3 is 0 Å². The van der Waals surface area contributed by atoms with Crippen molar-refractivity contribution < 1.29 is 22.7 Å². The molecule has 1 N–H and O–H groups in total. The van der Waals surface area contributed by atoms with Crippen molar-refractivity contribution >= 4 is 55.1 Å². The van der Waals surface area contributed by atoms with Crippen LogP contribution in [0.25, 0.3) is 0 Å². The Morgan fingerprint density at radius 2 is 1.70 bits per heavy atom. The average molecular weight is 693 g/mol. The normalized spacial score (nSPS) is 11.9. The number of halogens is 2. The van der Waals surface area contributed by atoms with Gasteiger partial charge in [0.2, 0.25) is 21.8 Å². The lowest BCUT2D eigenvalue weighted by Gasteiger charge is -2.32. The molecule has 2 amide bonds. The molecule has 232 valence electrons. The Hall–Kier alpha value is -3.08. The van der Waals surface area contributed by atoms with E-state index in [4.69, 9.17) is 16.3 Å². The molecule has 0 aromatic heterocycles. The number of unbranched alkanes of at least 4 members (excludes halogenated alkanes) is 1. The molecule has 0 spiro atoms. The SMILES string of the molecule is CCCCNC(=O)[C@@H](Cc1ccccc1)N(Cc1ccc(Br)cc1)C(=O)CCCN(c1ccc(OC)c(Cl)c1)S(C)(=O)=O. The van der Waals surface area contributed by atoms with Crippen molar-refractivity contribution in [3.8, 4) is 5.75 Å². The second kappa shape index (κ2) is 16.7. The molecule has 0 aliphatic heterocycles. The lowest BCUT2D eigenvalue weighted by Crippen LogP contribution is -2.50. The Morgan fingerprint density at radius 1 is 1.00 bits per heavy atom. The first-order chi connectivity index (χ1) is 20.5. The van der Waals surface area contributed by atoms with E-state index in [0.717, 1.165) is 34.7 Å². The Morgan fingerprint density at radius 3 is 2.30 bits per heavy atom. The lowest BCUT2D eigenvalue weighted by atomic mass is 10.0.